The lowest BCUT2D eigenvalue weighted by atomic mass is 10.4. The Labute approximate surface area is 54.5 Å². The zero-order chi connectivity index (χ0) is 6.53. The zero-order valence-electron chi connectivity index (χ0n) is 5.30. The van der Waals surface area contributed by atoms with Gasteiger partial charge in [-0.1, -0.05) is 0 Å². The third-order valence-corrected chi connectivity index (χ3v) is 1.14. The third-order valence-electron chi connectivity index (χ3n) is 1.14. The maximum Gasteiger partial charge on any atom is 0.111 e. The molecule has 3 nitrogen and oxygen atoms in total. The first-order valence-electron chi connectivity index (χ1n) is 3.02. The first-order chi connectivity index (χ1) is 4.43. The molecule has 1 heterocycles. The van der Waals surface area contributed by atoms with Crippen LogP contribution in [0.5, 0.6) is 0 Å². The number of nitrogens with two attached hydrogens (primary N) is 1. The van der Waals surface area contributed by atoms with Crippen LogP contribution in [-0.2, 0) is 6.42 Å². The molecule has 0 amide bonds. The summed E-state index contributed by atoms with van der Waals surface area (Å²) in [4.78, 5) is 7.06. The normalized spacial score (nSPS) is 9.89. The first kappa shape index (κ1) is 6.29. The molecule has 0 aliphatic carbocycles. The van der Waals surface area contributed by atoms with Crippen LogP contribution < -0.4 is 5.32 Å². The Bertz CT molecular complexity index is 145. The van der Waals surface area contributed by atoms with E-state index in [2.05, 4.69) is 17.0 Å². The van der Waals surface area contributed by atoms with E-state index >= 15 is 0 Å². The number of aromatic amines is 1. The van der Waals surface area contributed by atoms with Gasteiger partial charge in [-0.3, -0.25) is 0 Å². The minimum Gasteiger partial charge on any atom is -0.478 e. The van der Waals surface area contributed by atoms with Crippen molar-refractivity contribution in [3.63, 3.8) is 0 Å². The second kappa shape index (κ2) is 3.25. The molecular formula is C6H11N3. The van der Waals surface area contributed by atoms with Gasteiger partial charge < -0.3 is 10.3 Å². The molecular weight excluding hydrogens is 114 g/mol. The minimum absolute atomic E-state index is 0.969. The van der Waals surface area contributed by atoms with Crippen molar-refractivity contribution in [2.24, 2.45) is 0 Å². The molecule has 0 aromatic carbocycles. The lowest BCUT2D eigenvalue weighted by molar-refractivity contribution is -0.595. The molecule has 3 N–H and O–H groups in total. The number of hydrogen-bond donors (Lipinski definition) is 2. The molecule has 0 bridgehead atoms. The number of imidazole rings is 1. The van der Waals surface area contributed by atoms with Gasteiger partial charge in [0.25, 0.3) is 0 Å². The lowest BCUT2D eigenvalue weighted by Crippen LogP contribution is -2.77. The smallest absolute Gasteiger partial charge is 0.111 e. The molecule has 1 aromatic heterocycles. The Morgan fingerprint density at radius 3 is 3.22 bits per heavy atom. The molecule has 0 aliphatic rings. The Morgan fingerprint density at radius 1 is 1.78 bits per heavy atom. The molecule has 0 saturated heterocycles. The van der Waals surface area contributed by atoms with E-state index in [1.165, 1.54) is 0 Å². The highest BCUT2D eigenvalue weighted by molar-refractivity contribution is 4.86. The summed E-state index contributed by atoms with van der Waals surface area (Å²) in [6.45, 7) is 0.994. The summed E-state index contributed by atoms with van der Waals surface area (Å²) in [6.07, 6.45) is 4.56. The fraction of sp³-hybridized carbons (Fsp3) is 0.333. The van der Waals surface area contributed by atoms with Crippen molar-refractivity contribution >= 4 is 0 Å². The van der Waals surface area contributed by atoms with Crippen molar-refractivity contribution in [1.82, 2.24) is 9.97 Å². The van der Waals surface area contributed by atoms with Gasteiger partial charge in [-0.2, -0.15) is 7.05 Å². The molecule has 0 unspecified atom stereocenters. The summed E-state index contributed by atoms with van der Waals surface area (Å²) in [5.74, 6) is 1.04. The maximum atomic E-state index is 4.05. The molecule has 1 rings (SSSR count). The summed E-state index contributed by atoms with van der Waals surface area (Å²) in [7, 11) is 3.62. The van der Waals surface area contributed by atoms with Crippen molar-refractivity contribution in [1.29, 1.82) is 0 Å². The second-order valence-electron chi connectivity index (χ2n) is 1.86. The molecule has 0 atom stereocenters. The van der Waals surface area contributed by atoms with Gasteiger partial charge in [0, 0.05) is 12.4 Å². The number of H-pyrrole nitrogens is 1. The minimum atomic E-state index is 0.969. The summed E-state index contributed by atoms with van der Waals surface area (Å²) < 4.78 is 0. The number of rotatable bonds is 3. The Kier molecular flexibility index (Phi) is 2.27. The lowest BCUT2D eigenvalue weighted by Gasteiger charge is -1.95. The number of aromatic nitrogens is 2. The van der Waals surface area contributed by atoms with Crippen LogP contribution >= 0.6 is 0 Å². The van der Waals surface area contributed by atoms with E-state index in [0.717, 1.165) is 18.8 Å². The van der Waals surface area contributed by atoms with Gasteiger partial charge in [0.1, 0.15) is 5.82 Å². The second-order valence-corrected chi connectivity index (χ2v) is 1.86. The van der Waals surface area contributed by atoms with Crippen LogP contribution in [0.15, 0.2) is 12.4 Å². The summed E-state index contributed by atoms with van der Waals surface area (Å²) in [5.41, 5.74) is 0. The van der Waals surface area contributed by atoms with Crippen LogP contribution in [-0.4, -0.2) is 16.5 Å². The quantitative estimate of drug-likeness (QED) is 0.516. The summed E-state index contributed by atoms with van der Waals surface area (Å²) in [5, 5.41) is 1.89. The number of nitrogens with zero attached hydrogens (tertiary/aromatic N) is 1. The van der Waals surface area contributed by atoms with Crippen LogP contribution in [0, 0.1) is 7.05 Å². The zero-order valence-corrected chi connectivity index (χ0v) is 5.30. The molecule has 0 aliphatic heterocycles. The van der Waals surface area contributed by atoms with Crippen LogP contribution in [0.2, 0.25) is 0 Å². The molecule has 50 valence electrons. The molecule has 3 heteroatoms. The van der Waals surface area contributed by atoms with E-state index < -0.39 is 0 Å². The van der Waals surface area contributed by atoms with E-state index in [0.29, 0.717) is 0 Å². The van der Waals surface area contributed by atoms with Crippen LogP contribution in [0.3, 0.4) is 0 Å². The van der Waals surface area contributed by atoms with Gasteiger partial charge in [-0.25, -0.2) is 4.98 Å². The van der Waals surface area contributed by atoms with E-state index in [4.69, 9.17) is 0 Å². The van der Waals surface area contributed by atoms with Gasteiger partial charge in [0.15, 0.2) is 0 Å². The van der Waals surface area contributed by atoms with Crippen molar-refractivity contribution in [2.45, 2.75) is 6.42 Å². The summed E-state index contributed by atoms with van der Waals surface area (Å²) >= 11 is 0. The average molecular weight is 125 g/mol. The Morgan fingerprint density at radius 2 is 2.67 bits per heavy atom. The molecule has 0 spiro atoms. The monoisotopic (exact) mass is 125 g/mol. The van der Waals surface area contributed by atoms with E-state index in [-0.39, 0.29) is 0 Å². The van der Waals surface area contributed by atoms with Crippen LogP contribution in [0.25, 0.3) is 0 Å². The number of quaternary nitrogens is 1. The van der Waals surface area contributed by atoms with Crippen LogP contribution in [0.4, 0.5) is 0 Å². The molecule has 1 aromatic rings. The highest BCUT2D eigenvalue weighted by Crippen LogP contribution is 1.85. The van der Waals surface area contributed by atoms with E-state index in [1.54, 1.807) is 6.20 Å². The van der Waals surface area contributed by atoms with Gasteiger partial charge >= 0.3 is 0 Å². The molecule has 0 fully saturated rings. The third kappa shape index (κ3) is 1.85. The topological polar surface area (TPSA) is 45.3 Å². The standard InChI is InChI=1S/C6H11N3/c1-7-3-2-6-8-4-5-9-6/h4-5H,1-3,7H2,(H,8,9). The van der Waals surface area contributed by atoms with Crippen molar-refractivity contribution in [3.8, 4) is 0 Å². The summed E-state index contributed by atoms with van der Waals surface area (Å²) in [6, 6.07) is 0. The van der Waals surface area contributed by atoms with Crippen molar-refractivity contribution in [3.05, 3.63) is 25.3 Å². The Balaban J connectivity index is 2.30. The predicted octanol–water partition coefficient (Wildman–Crippen LogP) is -0.693. The molecule has 0 radical (unpaired) electrons. The highest BCUT2D eigenvalue weighted by Gasteiger charge is 1.90. The van der Waals surface area contributed by atoms with Crippen molar-refractivity contribution in [2.75, 3.05) is 6.54 Å². The van der Waals surface area contributed by atoms with Gasteiger partial charge in [0.05, 0.1) is 13.0 Å². The molecule has 9 heavy (non-hydrogen) atoms. The first-order valence-corrected chi connectivity index (χ1v) is 3.02. The average Bonchev–Trinajstić information content (AvgIpc) is 2.34. The highest BCUT2D eigenvalue weighted by atomic mass is 14.9. The van der Waals surface area contributed by atoms with E-state index in [1.807, 2.05) is 11.5 Å². The van der Waals surface area contributed by atoms with Gasteiger partial charge in [0.2, 0.25) is 0 Å². The molecule has 0 saturated carbocycles. The SMILES string of the molecule is [CH2-][NH2+]CCc1ncc[nH]1. The maximum absolute atomic E-state index is 4.05. The number of nitrogens with one attached hydrogen (secondary N) is 1. The number of hydrogen-bond acceptors (Lipinski definition) is 1. The van der Waals surface area contributed by atoms with Gasteiger partial charge in [-0.15, -0.1) is 0 Å². The van der Waals surface area contributed by atoms with Crippen LogP contribution in [0.1, 0.15) is 5.82 Å². The van der Waals surface area contributed by atoms with Gasteiger partial charge in [-0.05, 0) is 0 Å². The fourth-order valence-electron chi connectivity index (χ4n) is 0.673. The predicted molar refractivity (Wildman–Crippen MR) is 34.4 cm³/mol. The van der Waals surface area contributed by atoms with E-state index in [9.17, 15) is 0 Å². The largest absolute Gasteiger partial charge is 0.478 e. The fourth-order valence-corrected chi connectivity index (χ4v) is 0.673. The van der Waals surface area contributed by atoms with Crippen molar-refractivity contribution < 1.29 is 5.32 Å². The Hall–Kier alpha value is -0.830.